The van der Waals surface area contributed by atoms with Crippen molar-refractivity contribution in [2.75, 3.05) is 19.7 Å². The number of likely N-dealkylation sites (tertiary alicyclic amines) is 1. The lowest BCUT2D eigenvalue weighted by Gasteiger charge is -2.24. The molecule has 0 radical (unpaired) electrons. The molecule has 1 aromatic carbocycles. The Morgan fingerprint density at radius 2 is 2.32 bits per heavy atom. The number of hydrogen-bond donors (Lipinski definition) is 2. The average molecular weight is 348 g/mol. The lowest BCUT2D eigenvalue weighted by Crippen LogP contribution is -2.34. The van der Waals surface area contributed by atoms with Gasteiger partial charge in [-0.05, 0) is 43.5 Å². The smallest absolute Gasteiger partial charge is 0.0586 e. The topological polar surface area (TPSA) is 49.5 Å². The Hall–Kier alpha value is -0.130. The zero-order valence-electron chi connectivity index (χ0n) is 10.9. The first-order valence-electron chi connectivity index (χ1n) is 6.67. The molecule has 2 unspecified atom stereocenters. The van der Waals surface area contributed by atoms with E-state index in [1.165, 1.54) is 6.42 Å². The summed E-state index contributed by atoms with van der Waals surface area (Å²) in [6.07, 6.45) is 3.11. The molecule has 0 amide bonds. The lowest BCUT2D eigenvalue weighted by molar-refractivity contribution is 0.155. The minimum Gasteiger partial charge on any atom is -0.395 e. The maximum atomic E-state index is 9.29. The molecule has 0 spiro atoms. The fourth-order valence-corrected chi connectivity index (χ4v) is 3.47. The van der Waals surface area contributed by atoms with Crippen molar-refractivity contribution in [2.45, 2.75) is 31.3 Å². The summed E-state index contributed by atoms with van der Waals surface area (Å²) in [5.41, 5.74) is 7.21. The van der Waals surface area contributed by atoms with Crippen LogP contribution in [-0.4, -0.2) is 35.7 Å². The van der Waals surface area contributed by atoms with E-state index in [1.807, 2.05) is 18.2 Å². The molecule has 1 heterocycles. The summed E-state index contributed by atoms with van der Waals surface area (Å²) in [6.45, 7) is 2.22. The van der Waals surface area contributed by atoms with Gasteiger partial charge in [0.15, 0.2) is 0 Å². The molecule has 2 rings (SSSR count). The number of nitrogens with two attached hydrogens (primary N) is 1. The Labute approximate surface area is 127 Å². The first-order valence-corrected chi connectivity index (χ1v) is 7.84. The average Bonchev–Trinajstić information content (AvgIpc) is 2.83. The lowest BCUT2D eigenvalue weighted by atomic mass is 10.0. The molecule has 106 valence electrons. The Balaban J connectivity index is 1.92. The molecule has 0 saturated carbocycles. The van der Waals surface area contributed by atoms with Crippen LogP contribution in [0.2, 0.25) is 5.02 Å². The van der Waals surface area contributed by atoms with E-state index in [1.54, 1.807) is 0 Å². The number of nitrogens with zero attached hydrogens (tertiary/aromatic N) is 1. The van der Waals surface area contributed by atoms with Crippen LogP contribution in [0.3, 0.4) is 0 Å². The van der Waals surface area contributed by atoms with E-state index < -0.39 is 0 Å². The van der Waals surface area contributed by atoms with Crippen LogP contribution in [0.15, 0.2) is 22.7 Å². The van der Waals surface area contributed by atoms with Crippen LogP contribution in [0.25, 0.3) is 0 Å². The standard InChI is InChI=1S/C14H20BrClN2O/c15-10-3-4-12(13(16)8-10)14(17)5-7-18-6-1-2-11(18)9-19/h3-4,8,11,14,19H,1-2,5-7,9,17H2. The molecular formula is C14H20BrClN2O. The third kappa shape index (κ3) is 3.92. The van der Waals surface area contributed by atoms with Crippen molar-refractivity contribution in [2.24, 2.45) is 5.73 Å². The van der Waals surface area contributed by atoms with Crippen LogP contribution >= 0.6 is 27.5 Å². The molecule has 0 bridgehead atoms. The summed E-state index contributed by atoms with van der Waals surface area (Å²) in [7, 11) is 0. The third-order valence-electron chi connectivity index (χ3n) is 3.80. The van der Waals surface area contributed by atoms with Gasteiger partial charge in [0.1, 0.15) is 0 Å². The van der Waals surface area contributed by atoms with E-state index in [2.05, 4.69) is 20.8 Å². The maximum absolute atomic E-state index is 9.29. The molecule has 1 aliphatic heterocycles. The second-order valence-corrected chi connectivity index (χ2v) is 6.40. The second kappa shape index (κ2) is 7.04. The summed E-state index contributed by atoms with van der Waals surface area (Å²) in [6, 6.07) is 6.08. The van der Waals surface area contributed by atoms with Crippen molar-refractivity contribution in [1.82, 2.24) is 4.90 Å². The fraction of sp³-hybridized carbons (Fsp3) is 0.571. The summed E-state index contributed by atoms with van der Waals surface area (Å²) in [5, 5.41) is 10.0. The quantitative estimate of drug-likeness (QED) is 0.861. The third-order valence-corrected chi connectivity index (χ3v) is 4.62. The molecule has 2 atom stereocenters. The zero-order valence-corrected chi connectivity index (χ0v) is 13.2. The van der Waals surface area contributed by atoms with Gasteiger partial charge in [-0.1, -0.05) is 33.6 Å². The Bertz CT molecular complexity index is 430. The highest BCUT2D eigenvalue weighted by atomic mass is 79.9. The molecule has 0 aromatic heterocycles. The van der Waals surface area contributed by atoms with E-state index in [0.717, 1.165) is 36.0 Å². The highest BCUT2D eigenvalue weighted by molar-refractivity contribution is 9.10. The molecular weight excluding hydrogens is 328 g/mol. The van der Waals surface area contributed by atoms with Crippen LogP contribution in [0.4, 0.5) is 0 Å². The van der Waals surface area contributed by atoms with E-state index >= 15 is 0 Å². The van der Waals surface area contributed by atoms with Gasteiger partial charge in [-0.15, -0.1) is 0 Å². The predicted octanol–water partition coefficient (Wildman–Crippen LogP) is 2.95. The number of hydrogen-bond acceptors (Lipinski definition) is 3. The van der Waals surface area contributed by atoms with Gasteiger partial charge >= 0.3 is 0 Å². The molecule has 1 aromatic rings. The van der Waals surface area contributed by atoms with Gasteiger partial charge in [0.25, 0.3) is 0 Å². The first kappa shape index (κ1) is 15.3. The van der Waals surface area contributed by atoms with Crippen molar-refractivity contribution in [3.05, 3.63) is 33.3 Å². The minimum atomic E-state index is -0.0551. The normalized spacial score (nSPS) is 21.8. The number of aliphatic hydroxyl groups is 1. The van der Waals surface area contributed by atoms with Gasteiger partial charge in [0.2, 0.25) is 0 Å². The van der Waals surface area contributed by atoms with Gasteiger partial charge in [-0.3, -0.25) is 4.90 Å². The summed E-state index contributed by atoms with van der Waals surface area (Å²) in [5.74, 6) is 0. The number of benzene rings is 1. The van der Waals surface area contributed by atoms with Gasteiger partial charge in [-0.2, -0.15) is 0 Å². The summed E-state index contributed by atoms with van der Waals surface area (Å²) in [4.78, 5) is 2.33. The second-order valence-electron chi connectivity index (χ2n) is 5.08. The van der Waals surface area contributed by atoms with Crippen LogP contribution in [0.5, 0.6) is 0 Å². The van der Waals surface area contributed by atoms with Crippen LogP contribution in [0, 0.1) is 0 Å². The Morgan fingerprint density at radius 1 is 1.53 bits per heavy atom. The SMILES string of the molecule is NC(CCN1CCCC1CO)c1ccc(Br)cc1Cl. The summed E-state index contributed by atoms with van der Waals surface area (Å²) < 4.78 is 0.966. The van der Waals surface area contributed by atoms with Crippen LogP contribution < -0.4 is 5.73 Å². The Morgan fingerprint density at radius 3 is 3.00 bits per heavy atom. The van der Waals surface area contributed by atoms with Gasteiger partial charge in [-0.25, -0.2) is 0 Å². The Kier molecular flexibility index (Phi) is 5.66. The van der Waals surface area contributed by atoms with Gasteiger partial charge in [0, 0.05) is 28.1 Å². The molecule has 3 N–H and O–H groups in total. The van der Waals surface area contributed by atoms with E-state index in [9.17, 15) is 5.11 Å². The highest BCUT2D eigenvalue weighted by Gasteiger charge is 2.24. The van der Waals surface area contributed by atoms with Gasteiger partial charge < -0.3 is 10.8 Å². The van der Waals surface area contributed by atoms with E-state index in [4.69, 9.17) is 17.3 Å². The van der Waals surface area contributed by atoms with Gasteiger partial charge in [0.05, 0.1) is 6.61 Å². The van der Waals surface area contributed by atoms with Crippen LogP contribution in [-0.2, 0) is 0 Å². The minimum absolute atomic E-state index is 0.0551. The molecule has 5 heteroatoms. The summed E-state index contributed by atoms with van der Waals surface area (Å²) >= 11 is 9.61. The van der Waals surface area contributed by atoms with Crippen LogP contribution in [0.1, 0.15) is 30.9 Å². The van der Waals surface area contributed by atoms with Crippen molar-refractivity contribution in [3.63, 3.8) is 0 Å². The first-order chi connectivity index (χ1) is 9.11. The fourth-order valence-electron chi connectivity index (χ4n) is 2.66. The highest BCUT2D eigenvalue weighted by Crippen LogP contribution is 2.27. The predicted molar refractivity (Wildman–Crippen MR) is 82.4 cm³/mol. The number of aliphatic hydroxyl groups excluding tert-OH is 1. The van der Waals surface area contributed by atoms with Crippen molar-refractivity contribution in [3.8, 4) is 0 Å². The number of rotatable bonds is 5. The zero-order chi connectivity index (χ0) is 13.8. The largest absolute Gasteiger partial charge is 0.395 e. The molecule has 1 aliphatic rings. The number of halogens is 2. The molecule has 3 nitrogen and oxygen atoms in total. The molecule has 0 aliphatic carbocycles. The maximum Gasteiger partial charge on any atom is 0.0586 e. The van der Waals surface area contributed by atoms with E-state index in [-0.39, 0.29) is 12.6 Å². The van der Waals surface area contributed by atoms with E-state index in [0.29, 0.717) is 11.1 Å². The monoisotopic (exact) mass is 346 g/mol. The van der Waals surface area contributed by atoms with Crippen molar-refractivity contribution in [1.29, 1.82) is 0 Å². The molecule has 19 heavy (non-hydrogen) atoms. The molecule has 1 fully saturated rings. The van der Waals surface area contributed by atoms with Crippen molar-refractivity contribution >= 4 is 27.5 Å². The van der Waals surface area contributed by atoms with Crippen molar-refractivity contribution < 1.29 is 5.11 Å². The molecule has 1 saturated heterocycles.